The number of β-lactam (4-membered cyclic amide) rings is 1. The molecule has 3 nitrogen and oxygen atoms in total. The third-order valence-electron chi connectivity index (χ3n) is 4.04. The summed E-state index contributed by atoms with van der Waals surface area (Å²) in [6.07, 6.45) is 3.08. The zero-order valence-corrected chi connectivity index (χ0v) is 12.7. The summed E-state index contributed by atoms with van der Waals surface area (Å²) in [5.74, 6) is 1.72. The Labute approximate surface area is 112 Å². The lowest BCUT2D eigenvalue weighted by Gasteiger charge is -2.33. The molecule has 3 heteroatoms. The second kappa shape index (κ2) is 8.28. The van der Waals surface area contributed by atoms with Gasteiger partial charge in [-0.3, -0.25) is 9.59 Å². The van der Waals surface area contributed by atoms with E-state index in [1.165, 1.54) is 0 Å². The summed E-state index contributed by atoms with van der Waals surface area (Å²) in [5, 5.41) is 2.77. The molecule has 0 radical (unpaired) electrons. The van der Waals surface area contributed by atoms with E-state index in [9.17, 15) is 9.59 Å². The Bertz CT molecular complexity index is 276. The number of hydrogen-bond acceptors (Lipinski definition) is 2. The van der Waals surface area contributed by atoms with E-state index in [1.54, 1.807) is 6.92 Å². The van der Waals surface area contributed by atoms with E-state index >= 15 is 0 Å². The van der Waals surface area contributed by atoms with Gasteiger partial charge in [0.25, 0.3) is 0 Å². The molecule has 18 heavy (non-hydrogen) atoms. The largest absolute Gasteiger partial charge is 0.353 e. The summed E-state index contributed by atoms with van der Waals surface area (Å²) < 4.78 is 0. The van der Waals surface area contributed by atoms with E-state index in [1.807, 2.05) is 13.8 Å². The quantitative estimate of drug-likeness (QED) is 0.767. The highest BCUT2D eigenvalue weighted by Crippen LogP contribution is 2.19. The van der Waals surface area contributed by atoms with Crippen molar-refractivity contribution in [2.75, 3.05) is 0 Å². The summed E-state index contributed by atoms with van der Waals surface area (Å²) >= 11 is 0. The van der Waals surface area contributed by atoms with Gasteiger partial charge in [0, 0.05) is 12.0 Å². The molecule has 1 amide bonds. The SMILES string of the molecule is CC[C@@H](C)[C@H](CC)C(C)=O.CC[C@@H]1C(=O)N[C@H]1C. The Balaban J connectivity index is 0.000000327. The lowest BCUT2D eigenvalue weighted by Crippen LogP contribution is -2.55. The first-order valence-corrected chi connectivity index (χ1v) is 7.19. The van der Waals surface area contributed by atoms with Gasteiger partial charge in [0.05, 0.1) is 5.92 Å². The van der Waals surface area contributed by atoms with Gasteiger partial charge < -0.3 is 5.32 Å². The minimum Gasteiger partial charge on any atom is -0.353 e. The number of Topliss-reactive ketones (excluding diaryl/α,β-unsaturated/α-hetero) is 1. The minimum atomic E-state index is 0.222. The average molecular weight is 255 g/mol. The van der Waals surface area contributed by atoms with Crippen LogP contribution >= 0.6 is 0 Å². The van der Waals surface area contributed by atoms with Crippen LogP contribution in [0.25, 0.3) is 0 Å². The van der Waals surface area contributed by atoms with Crippen LogP contribution in [0.5, 0.6) is 0 Å². The maximum atomic E-state index is 11.0. The highest BCUT2D eigenvalue weighted by Gasteiger charge is 2.33. The van der Waals surface area contributed by atoms with E-state index < -0.39 is 0 Å². The van der Waals surface area contributed by atoms with Crippen LogP contribution in [0.2, 0.25) is 0 Å². The molecule has 1 N–H and O–H groups in total. The second-order valence-corrected chi connectivity index (χ2v) is 5.32. The van der Waals surface area contributed by atoms with E-state index in [-0.39, 0.29) is 5.91 Å². The third-order valence-corrected chi connectivity index (χ3v) is 4.04. The molecule has 1 heterocycles. The number of ketones is 1. The van der Waals surface area contributed by atoms with Gasteiger partial charge >= 0.3 is 0 Å². The van der Waals surface area contributed by atoms with E-state index in [4.69, 9.17) is 0 Å². The smallest absolute Gasteiger partial charge is 0.225 e. The number of nitrogens with one attached hydrogen (secondary N) is 1. The molecule has 106 valence electrons. The van der Waals surface area contributed by atoms with Gasteiger partial charge in [-0.25, -0.2) is 0 Å². The van der Waals surface area contributed by atoms with Crippen LogP contribution < -0.4 is 5.32 Å². The van der Waals surface area contributed by atoms with Crippen LogP contribution in [0.1, 0.15) is 60.8 Å². The first kappa shape index (κ1) is 17.1. The molecule has 0 bridgehead atoms. The molecule has 0 unspecified atom stereocenters. The van der Waals surface area contributed by atoms with Crippen molar-refractivity contribution in [1.29, 1.82) is 0 Å². The Kier molecular flexibility index (Phi) is 7.88. The van der Waals surface area contributed by atoms with Gasteiger partial charge in [0.2, 0.25) is 5.91 Å². The number of amides is 1. The standard InChI is InChI=1S/C9H18O.C6H11NO/c1-5-7(3)9(6-2)8(4)10;1-3-5-4(2)7-6(5)8/h7,9H,5-6H2,1-4H3;4-5H,3H2,1-2H3,(H,7,8)/t7-,9+;4-,5-/m10/s1. The van der Waals surface area contributed by atoms with Crippen molar-refractivity contribution in [3.8, 4) is 0 Å². The third kappa shape index (κ3) is 4.79. The Morgan fingerprint density at radius 3 is 1.94 bits per heavy atom. The van der Waals surface area contributed by atoms with E-state index in [0.29, 0.717) is 29.6 Å². The van der Waals surface area contributed by atoms with Crippen LogP contribution in [0.4, 0.5) is 0 Å². The summed E-state index contributed by atoms with van der Waals surface area (Å²) in [5.41, 5.74) is 0. The molecule has 1 aliphatic rings. The molecular weight excluding hydrogens is 226 g/mol. The van der Waals surface area contributed by atoms with Crippen LogP contribution in [-0.4, -0.2) is 17.7 Å². The zero-order chi connectivity index (χ0) is 14.3. The lowest BCUT2D eigenvalue weighted by molar-refractivity contribution is -0.134. The molecule has 1 rings (SSSR count). The predicted octanol–water partition coefficient (Wildman–Crippen LogP) is 3.18. The van der Waals surface area contributed by atoms with Gasteiger partial charge in [-0.05, 0) is 32.6 Å². The van der Waals surface area contributed by atoms with Crippen molar-refractivity contribution in [2.45, 2.75) is 66.8 Å². The molecule has 1 fully saturated rings. The van der Waals surface area contributed by atoms with Crippen LogP contribution in [0.3, 0.4) is 0 Å². The fourth-order valence-corrected chi connectivity index (χ4v) is 2.48. The van der Waals surface area contributed by atoms with Gasteiger partial charge in [-0.15, -0.1) is 0 Å². The van der Waals surface area contributed by atoms with Crippen molar-refractivity contribution in [3.63, 3.8) is 0 Å². The van der Waals surface area contributed by atoms with Crippen molar-refractivity contribution in [1.82, 2.24) is 5.32 Å². The first-order chi connectivity index (χ1) is 8.38. The van der Waals surface area contributed by atoms with Crippen LogP contribution in [-0.2, 0) is 9.59 Å². The maximum absolute atomic E-state index is 11.0. The average Bonchev–Trinajstić information content (AvgIpc) is 2.30. The van der Waals surface area contributed by atoms with E-state index in [2.05, 4.69) is 26.1 Å². The van der Waals surface area contributed by atoms with Gasteiger partial charge in [-0.2, -0.15) is 0 Å². The lowest BCUT2D eigenvalue weighted by atomic mass is 9.87. The molecule has 0 aliphatic carbocycles. The van der Waals surface area contributed by atoms with Crippen molar-refractivity contribution in [2.24, 2.45) is 17.8 Å². The van der Waals surface area contributed by atoms with Crippen molar-refractivity contribution < 1.29 is 9.59 Å². The summed E-state index contributed by atoms with van der Waals surface area (Å²) in [4.78, 5) is 21.5. The number of rotatable bonds is 5. The topological polar surface area (TPSA) is 46.2 Å². The highest BCUT2D eigenvalue weighted by atomic mass is 16.2. The maximum Gasteiger partial charge on any atom is 0.225 e. The fraction of sp³-hybridized carbons (Fsp3) is 0.867. The predicted molar refractivity (Wildman–Crippen MR) is 75.3 cm³/mol. The molecular formula is C15H29NO2. The molecule has 0 aromatic carbocycles. The Morgan fingerprint density at radius 2 is 1.83 bits per heavy atom. The minimum absolute atomic E-state index is 0.222. The normalized spacial score (nSPS) is 25.1. The van der Waals surface area contributed by atoms with Gasteiger partial charge in [-0.1, -0.05) is 34.1 Å². The van der Waals surface area contributed by atoms with Crippen LogP contribution in [0, 0.1) is 17.8 Å². The van der Waals surface area contributed by atoms with Gasteiger partial charge in [0.15, 0.2) is 0 Å². The number of carbonyl (C=O) groups excluding carboxylic acids is 2. The monoisotopic (exact) mass is 255 g/mol. The molecule has 4 atom stereocenters. The van der Waals surface area contributed by atoms with Crippen LogP contribution in [0.15, 0.2) is 0 Å². The molecule has 0 saturated carbocycles. The summed E-state index contributed by atoms with van der Waals surface area (Å²) in [6.45, 7) is 12.1. The highest BCUT2D eigenvalue weighted by molar-refractivity contribution is 5.85. The second-order valence-electron chi connectivity index (χ2n) is 5.32. The summed E-state index contributed by atoms with van der Waals surface area (Å²) in [6, 6.07) is 0.424. The number of hydrogen-bond donors (Lipinski definition) is 1. The zero-order valence-electron chi connectivity index (χ0n) is 12.7. The van der Waals surface area contributed by atoms with E-state index in [0.717, 1.165) is 19.3 Å². The molecule has 0 spiro atoms. The molecule has 0 aromatic rings. The van der Waals surface area contributed by atoms with Crippen molar-refractivity contribution >= 4 is 11.7 Å². The molecule has 1 aliphatic heterocycles. The Morgan fingerprint density at radius 1 is 1.28 bits per heavy atom. The fourth-order valence-electron chi connectivity index (χ4n) is 2.48. The van der Waals surface area contributed by atoms with Crippen molar-refractivity contribution in [3.05, 3.63) is 0 Å². The molecule has 0 aromatic heterocycles. The van der Waals surface area contributed by atoms with Gasteiger partial charge in [0.1, 0.15) is 5.78 Å². The molecule has 1 saturated heterocycles. The number of carbonyl (C=O) groups is 2. The summed E-state index contributed by atoms with van der Waals surface area (Å²) in [7, 11) is 0. The first-order valence-electron chi connectivity index (χ1n) is 7.19. The Hall–Kier alpha value is -0.860.